The summed E-state index contributed by atoms with van der Waals surface area (Å²) in [5, 5.41) is 20.7. The molecule has 0 fully saturated rings. The summed E-state index contributed by atoms with van der Waals surface area (Å²) in [6.45, 7) is 0.415. The van der Waals surface area contributed by atoms with Crippen molar-refractivity contribution in [2.75, 3.05) is 6.61 Å². The van der Waals surface area contributed by atoms with E-state index < -0.39 is 22.0 Å². The number of rotatable bonds is 5. The number of nitrogens with zero attached hydrogens (tertiary/aromatic N) is 1. The van der Waals surface area contributed by atoms with Crippen LogP contribution in [0.3, 0.4) is 0 Å². The maximum atomic E-state index is 11.6. The first-order valence-corrected chi connectivity index (χ1v) is 7.17. The molecule has 0 aliphatic rings. The molecule has 0 amide bonds. The van der Waals surface area contributed by atoms with E-state index in [-0.39, 0.29) is 11.0 Å². The first-order chi connectivity index (χ1) is 11.6. The largest absolute Gasteiger partial charge is 0.501 e. The van der Waals surface area contributed by atoms with Crippen molar-refractivity contribution >= 4 is 16.7 Å². The molecule has 0 atom stereocenters. The lowest BCUT2D eigenvalue weighted by Gasteiger charge is -2.07. The standard InChI is InChI=1S/C17H13NO6/c19-16-13-7-6-12(23-9-8-11-4-2-1-3-5-11)10-14(13)24-17(20)15(16)18(21)22/h1-7,10,19H,8-9H2. The Kier molecular flexibility index (Phi) is 4.15. The highest BCUT2D eigenvalue weighted by molar-refractivity contribution is 5.87. The van der Waals surface area contributed by atoms with Crippen LogP contribution in [-0.4, -0.2) is 16.6 Å². The highest BCUT2D eigenvalue weighted by Gasteiger charge is 2.24. The van der Waals surface area contributed by atoms with E-state index in [4.69, 9.17) is 9.15 Å². The van der Waals surface area contributed by atoms with E-state index in [0.717, 1.165) is 5.56 Å². The number of aromatic hydroxyl groups is 1. The zero-order chi connectivity index (χ0) is 17.1. The smallest absolute Gasteiger partial charge is 0.419 e. The predicted octanol–water partition coefficient (Wildman–Crippen LogP) is 3.03. The van der Waals surface area contributed by atoms with E-state index in [1.165, 1.54) is 12.1 Å². The van der Waals surface area contributed by atoms with Crippen molar-refractivity contribution in [3.63, 3.8) is 0 Å². The molecular weight excluding hydrogens is 314 g/mol. The minimum atomic E-state index is -1.20. The number of fused-ring (bicyclic) bond motifs is 1. The van der Waals surface area contributed by atoms with Crippen LogP contribution >= 0.6 is 0 Å². The molecule has 3 rings (SSSR count). The molecule has 3 aromatic rings. The minimum Gasteiger partial charge on any atom is -0.501 e. The third kappa shape index (κ3) is 3.05. The maximum absolute atomic E-state index is 11.6. The molecule has 0 saturated heterocycles. The van der Waals surface area contributed by atoms with Gasteiger partial charge >= 0.3 is 11.3 Å². The zero-order valence-electron chi connectivity index (χ0n) is 12.5. The van der Waals surface area contributed by atoms with Crippen molar-refractivity contribution in [3.8, 4) is 11.5 Å². The summed E-state index contributed by atoms with van der Waals surface area (Å²) in [6.07, 6.45) is 0.703. The number of hydrogen-bond donors (Lipinski definition) is 1. The Morgan fingerprint density at radius 2 is 1.92 bits per heavy atom. The van der Waals surface area contributed by atoms with Crippen LogP contribution in [0.1, 0.15) is 5.56 Å². The van der Waals surface area contributed by atoms with Crippen molar-refractivity contribution in [2.45, 2.75) is 6.42 Å². The third-order valence-electron chi connectivity index (χ3n) is 3.51. The van der Waals surface area contributed by atoms with Gasteiger partial charge < -0.3 is 14.3 Å². The Hall–Kier alpha value is -3.35. The molecule has 0 aliphatic heterocycles. The van der Waals surface area contributed by atoms with Crippen LogP contribution < -0.4 is 10.4 Å². The zero-order valence-corrected chi connectivity index (χ0v) is 12.5. The second kappa shape index (κ2) is 6.41. The molecule has 0 unspecified atom stereocenters. The second-order valence-corrected chi connectivity index (χ2v) is 5.09. The summed E-state index contributed by atoms with van der Waals surface area (Å²) in [5.41, 5.74) is -1.02. The van der Waals surface area contributed by atoms with Crippen LogP contribution in [0.15, 0.2) is 57.7 Å². The summed E-state index contributed by atoms with van der Waals surface area (Å²) in [4.78, 5) is 21.4. The van der Waals surface area contributed by atoms with Gasteiger partial charge in [0, 0.05) is 12.5 Å². The summed E-state index contributed by atoms with van der Waals surface area (Å²) in [5.74, 6) is -0.267. The van der Waals surface area contributed by atoms with Crippen molar-refractivity contribution in [1.82, 2.24) is 0 Å². The second-order valence-electron chi connectivity index (χ2n) is 5.09. The predicted molar refractivity (Wildman–Crippen MR) is 86.4 cm³/mol. The van der Waals surface area contributed by atoms with E-state index in [1.807, 2.05) is 30.3 Å². The van der Waals surface area contributed by atoms with Crippen LogP contribution in [0.2, 0.25) is 0 Å². The Labute approximate surface area is 135 Å². The third-order valence-corrected chi connectivity index (χ3v) is 3.51. The molecule has 122 valence electrons. The normalized spacial score (nSPS) is 10.7. The van der Waals surface area contributed by atoms with Crippen molar-refractivity contribution in [3.05, 3.63) is 74.6 Å². The van der Waals surface area contributed by atoms with E-state index >= 15 is 0 Å². The summed E-state index contributed by atoms with van der Waals surface area (Å²) in [7, 11) is 0. The monoisotopic (exact) mass is 327 g/mol. The molecule has 0 saturated carbocycles. The van der Waals surface area contributed by atoms with Gasteiger partial charge in [-0.05, 0) is 17.7 Å². The number of ether oxygens (including phenoxy) is 1. The molecule has 7 heteroatoms. The van der Waals surface area contributed by atoms with Gasteiger partial charge in [-0.15, -0.1) is 0 Å². The number of hydrogen-bond acceptors (Lipinski definition) is 6. The van der Waals surface area contributed by atoms with Gasteiger partial charge in [-0.3, -0.25) is 10.1 Å². The summed E-state index contributed by atoms with van der Waals surface area (Å²) >= 11 is 0. The van der Waals surface area contributed by atoms with Crippen molar-refractivity contribution in [2.24, 2.45) is 0 Å². The highest BCUT2D eigenvalue weighted by Crippen LogP contribution is 2.32. The first kappa shape index (κ1) is 15.5. The van der Waals surface area contributed by atoms with Gasteiger partial charge in [0.05, 0.1) is 16.9 Å². The molecule has 24 heavy (non-hydrogen) atoms. The van der Waals surface area contributed by atoms with Crippen molar-refractivity contribution in [1.29, 1.82) is 0 Å². The van der Waals surface area contributed by atoms with Crippen molar-refractivity contribution < 1.29 is 19.2 Å². The first-order valence-electron chi connectivity index (χ1n) is 7.17. The van der Waals surface area contributed by atoms with Gasteiger partial charge in [-0.2, -0.15) is 0 Å². The fourth-order valence-electron chi connectivity index (χ4n) is 2.34. The molecule has 0 spiro atoms. The van der Waals surface area contributed by atoms with Crippen LogP contribution in [-0.2, 0) is 6.42 Å². The Bertz CT molecular complexity index is 948. The molecule has 0 aliphatic carbocycles. The van der Waals surface area contributed by atoms with Gasteiger partial charge in [0.25, 0.3) is 0 Å². The topological polar surface area (TPSA) is 103 Å². The lowest BCUT2D eigenvalue weighted by molar-refractivity contribution is -0.388. The van der Waals surface area contributed by atoms with Gasteiger partial charge in [0.2, 0.25) is 5.75 Å². The molecule has 7 nitrogen and oxygen atoms in total. The Morgan fingerprint density at radius 1 is 1.17 bits per heavy atom. The fraction of sp³-hybridized carbons (Fsp3) is 0.118. The molecule has 1 N–H and O–H groups in total. The molecule has 1 aromatic heterocycles. The maximum Gasteiger partial charge on any atom is 0.419 e. The number of nitro groups is 1. The van der Waals surface area contributed by atoms with Crippen LogP contribution in [0.5, 0.6) is 11.5 Å². The van der Waals surface area contributed by atoms with Gasteiger partial charge in [0.1, 0.15) is 11.3 Å². The number of benzene rings is 2. The SMILES string of the molecule is O=c1oc2cc(OCCc3ccccc3)ccc2c(O)c1[N+](=O)[O-]. The highest BCUT2D eigenvalue weighted by atomic mass is 16.6. The van der Waals surface area contributed by atoms with Crippen LogP contribution in [0.25, 0.3) is 11.0 Å². The lowest BCUT2D eigenvalue weighted by atomic mass is 10.2. The van der Waals surface area contributed by atoms with E-state index in [2.05, 4.69) is 0 Å². The van der Waals surface area contributed by atoms with E-state index in [1.54, 1.807) is 6.07 Å². The molecule has 2 aromatic carbocycles. The van der Waals surface area contributed by atoms with E-state index in [9.17, 15) is 20.0 Å². The van der Waals surface area contributed by atoms with Crippen LogP contribution in [0.4, 0.5) is 5.69 Å². The van der Waals surface area contributed by atoms with Gasteiger partial charge in [-0.25, -0.2) is 4.79 Å². The lowest BCUT2D eigenvalue weighted by Crippen LogP contribution is -2.07. The fourth-order valence-corrected chi connectivity index (χ4v) is 2.34. The Morgan fingerprint density at radius 3 is 2.62 bits per heavy atom. The Balaban J connectivity index is 1.83. The summed E-state index contributed by atoms with van der Waals surface area (Å²) in [6, 6.07) is 14.2. The van der Waals surface area contributed by atoms with Crippen LogP contribution in [0, 0.1) is 10.1 Å². The molecule has 0 radical (unpaired) electrons. The minimum absolute atomic E-state index is 0.0281. The average molecular weight is 327 g/mol. The average Bonchev–Trinajstić information content (AvgIpc) is 2.55. The molecule has 0 bridgehead atoms. The molecular formula is C17H13NO6. The van der Waals surface area contributed by atoms with Gasteiger partial charge in [-0.1, -0.05) is 30.3 Å². The van der Waals surface area contributed by atoms with E-state index in [0.29, 0.717) is 18.8 Å². The summed E-state index contributed by atoms with van der Waals surface area (Å²) < 4.78 is 10.5. The molecule has 1 heterocycles. The quantitative estimate of drug-likeness (QED) is 0.439. The van der Waals surface area contributed by atoms with Gasteiger partial charge in [0.15, 0.2) is 0 Å².